The van der Waals surface area contributed by atoms with E-state index in [1.807, 2.05) is 32.0 Å². The first kappa shape index (κ1) is 13.2. The standard InChI is InChI=1S/C12H16BrNO2/c1-4-14-11(12(15)16-3)9-6-5-8(2)10(13)7-9/h5-7,11,14H,4H2,1-3H3. The molecule has 0 spiro atoms. The van der Waals surface area contributed by atoms with E-state index >= 15 is 0 Å². The van der Waals surface area contributed by atoms with Gasteiger partial charge in [0.15, 0.2) is 0 Å². The Morgan fingerprint density at radius 2 is 2.25 bits per heavy atom. The molecule has 1 rings (SSSR count). The van der Waals surface area contributed by atoms with Crippen molar-refractivity contribution in [1.82, 2.24) is 5.32 Å². The topological polar surface area (TPSA) is 38.3 Å². The number of ether oxygens (including phenoxy) is 1. The van der Waals surface area contributed by atoms with Crippen molar-refractivity contribution in [3.05, 3.63) is 33.8 Å². The lowest BCUT2D eigenvalue weighted by molar-refractivity contribution is -0.143. The second kappa shape index (κ2) is 6.01. The highest BCUT2D eigenvalue weighted by Crippen LogP contribution is 2.22. The highest BCUT2D eigenvalue weighted by atomic mass is 79.9. The van der Waals surface area contributed by atoms with Crippen LogP contribution in [0.4, 0.5) is 0 Å². The van der Waals surface area contributed by atoms with Crippen molar-refractivity contribution in [3.8, 4) is 0 Å². The van der Waals surface area contributed by atoms with Crippen LogP contribution >= 0.6 is 15.9 Å². The van der Waals surface area contributed by atoms with Crippen LogP contribution in [-0.2, 0) is 9.53 Å². The first-order valence-electron chi connectivity index (χ1n) is 5.17. The maximum Gasteiger partial charge on any atom is 0.327 e. The third-order valence-electron chi connectivity index (χ3n) is 2.37. The fourth-order valence-corrected chi connectivity index (χ4v) is 1.84. The van der Waals surface area contributed by atoms with Gasteiger partial charge in [-0.25, -0.2) is 4.79 Å². The molecule has 0 aliphatic rings. The van der Waals surface area contributed by atoms with Gasteiger partial charge in [-0.15, -0.1) is 0 Å². The van der Waals surface area contributed by atoms with Gasteiger partial charge in [-0.05, 0) is 30.7 Å². The number of rotatable bonds is 4. The zero-order chi connectivity index (χ0) is 12.1. The number of nitrogens with one attached hydrogen (secondary N) is 1. The third kappa shape index (κ3) is 3.06. The lowest BCUT2D eigenvalue weighted by Gasteiger charge is -2.16. The average Bonchev–Trinajstić information content (AvgIpc) is 2.29. The van der Waals surface area contributed by atoms with E-state index in [-0.39, 0.29) is 5.97 Å². The molecule has 1 aromatic rings. The van der Waals surface area contributed by atoms with Crippen molar-refractivity contribution in [3.63, 3.8) is 0 Å². The molecule has 1 unspecified atom stereocenters. The van der Waals surface area contributed by atoms with Gasteiger partial charge in [0.25, 0.3) is 0 Å². The van der Waals surface area contributed by atoms with Gasteiger partial charge in [-0.2, -0.15) is 0 Å². The Labute approximate surface area is 104 Å². The zero-order valence-electron chi connectivity index (χ0n) is 9.71. The van der Waals surface area contributed by atoms with E-state index in [9.17, 15) is 4.79 Å². The van der Waals surface area contributed by atoms with Crippen LogP contribution in [0.2, 0.25) is 0 Å². The number of hydrogen-bond acceptors (Lipinski definition) is 3. The monoisotopic (exact) mass is 285 g/mol. The number of hydrogen-bond donors (Lipinski definition) is 1. The average molecular weight is 286 g/mol. The first-order valence-corrected chi connectivity index (χ1v) is 5.96. The van der Waals surface area contributed by atoms with Gasteiger partial charge in [0.2, 0.25) is 0 Å². The summed E-state index contributed by atoms with van der Waals surface area (Å²) in [6, 6.07) is 5.46. The van der Waals surface area contributed by atoms with Crippen LogP contribution in [0.5, 0.6) is 0 Å². The van der Waals surface area contributed by atoms with Gasteiger partial charge in [-0.1, -0.05) is 35.0 Å². The number of carbonyl (C=O) groups is 1. The third-order valence-corrected chi connectivity index (χ3v) is 3.23. The summed E-state index contributed by atoms with van der Waals surface area (Å²) < 4.78 is 5.77. The second-order valence-electron chi connectivity index (χ2n) is 3.52. The molecule has 0 fully saturated rings. The van der Waals surface area contributed by atoms with Crippen LogP contribution in [0, 0.1) is 6.92 Å². The summed E-state index contributed by atoms with van der Waals surface area (Å²) in [6.45, 7) is 4.68. The lowest BCUT2D eigenvalue weighted by atomic mass is 10.1. The molecule has 88 valence electrons. The Kier molecular flexibility index (Phi) is 4.96. The smallest absolute Gasteiger partial charge is 0.327 e. The van der Waals surface area contributed by atoms with Crippen LogP contribution in [0.25, 0.3) is 0 Å². The Balaban J connectivity index is 3.01. The predicted octanol–water partition coefficient (Wildman–Crippen LogP) is 2.58. The maximum absolute atomic E-state index is 11.6. The highest BCUT2D eigenvalue weighted by molar-refractivity contribution is 9.10. The normalized spacial score (nSPS) is 12.2. The van der Waals surface area contributed by atoms with E-state index in [1.54, 1.807) is 0 Å². The van der Waals surface area contributed by atoms with Crippen LogP contribution in [0.3, 0.4) is 0 Å². The van der Waals surface area contributed by atoms with Crippen molar-refractivity contribution in [1.29, 1.82) is 0 Å². The Bertz CT molecular complexity index is 379. The Morgan fingerprint density at radius 1 is 1.56 bits per heavy atom. The minimum absolute atomic E-state index is 0.266. The predicted molar refractivity (Wildman–Crippen MR) is 67.3 cm³/mol. The molecule has 1 aromatic carbocycles. The first-order chi connectivity index (χ1) is 7.60. The molecule has 0 bridgehead atoms. The number of aryl methyl sites for hydroxylation is 1. The Morgan fingerprint density at radius 3 is 2.75 bits per heavy atom. The Hall–Kier alpha value is -0.870. The fourth-order valence-electron chi connectivity index (χ4n) is 1.45. The summed E-state index contributed by atoms with van der Waals surface area (Å²) in [7, 11) is 1.40. The van der Waals surface area contributed by atoms with Gasteiger partial charge in [0.05, 0.1) is 7.11 Å². The van der Waals surface area contributed by atoms with Crippen molar-refractivity contribution < 1.29 is 9.53 Å². The van der Waals surface area contributed by atoms with Crippen LogP contribution < -0.4 is 5.32 Å². The van der Waals surface area contributed by atoms with Crippen LogP contribution in [0.1, 0.15) is 24.1 Å². The number of carbonyl (C=O) groups excluding carboxylic acids is 1. The molecule has 0 saturated carbocycles. The van der Waals surface area contributed by atoms with E-state index in [1.165, 1.54) is 7.11 Å². The second-order valence-corrected chi connectivity index (χ2v) is 4.38. The molecule has 0 heterocycles. The quantitative estimate of drug-likeness (QED) is 0.865. The zero-order valence-corrected chi connectivity index (χ0v) is 11.3. The van der Waals surface area contributed by atoms with E-state index in [0.717, 1.165) is 15.6 Å². The molecule has 4 heteroatoms. The van der Waals surface area contributed by atoms with Gasteiger partial charge in [0, 0.05) is 4.47 Å². The molecular formula is C12H16BrNO2. The van der Waals surface area contributed by atoms with Gasteiger partial charge < -0.3 is 10.1 Å². The summed E-state index contributed by atoms with van der Waals surface area (Å²) in [4.78, 5) is 11.6. The highest BCUT2D eigenvalue weighted by Gasteiger charge is 2.20. The van der Waals surface area contributed by atoms with Gasteiger partial charge in [0.1, 0.15) is 6.04 Å². The molecule has 0 aliphatic heterocycles. The SMILES string of the molecule is CCNC(C(=O)OC)c1ccc(C)c(Br)c1. The minimum atomic E-state index is -0.396. The summed E-state index contributed by atoms with van der Waals surface area (Å²) in [6.07, 6.45) is 0. The van der Waals surface area contributed by atoms with Crippen molar-refractivity contribution in [2.45, 2.75) is 19.9 Å². The van der Waals surface area contributed by atoms with Crippen molar-refractivity contribution >= 4 is 21.9 Å². The largest absolute Gasteiger partial charge is 0.468 e. The number of benzene rings is 1. The molecule has 0 saturated heterocycles. The van der Waals surface area contributed by atoms with Gasteiger partial charge in [-0.3, -0.25) is 0 Å². The molecule has 0 amide bonds. The molecule has 0 radical (unpaired) electrons. The number of likely N-dealkylation sites (N-methyl/N-ethyl adjacent to an activating group) is 1. The van der Waals surface area contributed by atoms with E-state index in [2.05, 4.69) is 21.2 Å². The van der Waals surface area contributed by atoms with E-state index in [4.69, 9.17) is 4.74 Å². The number of halogens is 1. The molecule has 0 aromatic heterocycles. The van der Waals surface area contributed by atoms with E-state index < -0.39 is 6.04 Å². The molecule has 16 heavy (non-hydrogen) atoms. The molecule has 3 nitrogen and oxygen atoms in total. The minimum Gasteiger partial charge on any atom is -0.468 e. The fraction of sp³-hybridized carbons (Fsp3) is 0.417. The number of esters is 1. The summed E-state index contributed by atoms with van der Waals surface area (Å²) in [5, 5.41) is 3.10. The van der Waals surface area contributed by atoms with E-state index in [0.29, 0.717) is 6.54 Å². The molecule has 1 atom stereocenters. The molecule has 0 aliphatic carbocycles. The summed E-state index contributed by atoms with van der Waals surface area (Å²) in [5.74, 6) is -0.266. The summed E-state index contributed by atoms with van der Waals surface area (Å²) in [5.41, 5.74) is 2.05. The summed E-state index contributed by atoms with van der Waals surface area (Å²) >= 11 is 3.46. The lowest BCUT2D eigenvalue weighted by Crippen LogP contribution is -2.29. The molecule has 1 N–H and O–H groups in total. The molecular weight excluding hydrogens is 270 g/mol. The number of methoxy groups -OCH3 is 1. The van der Waals surface area contributed by atoms with Gasteiger partial charge >= 0.3 is 5.97 Å². The van der Waals surface area contributed by atoms with Crippen molar-refractivity contribution in [2.75, 3.05) is 13.7 Å². The van der Waals surface area contributed by atoms with Crippen molar-refractivity contribution in [2.24, 2.45) is 0 Å². The van der Waals surface area contributed by atoms with Crippen LogP contribution in [-0.4, -0.2) is 19.6 Å². The maximum atomic E-state index is 11.6. The van der Waals surface area contributed by atoms with Crippen LogP contribution in [0.15, 0.2) is 22.7 Å².